The van der Waals surface area contributed by atoms with E-state index in [1.54, 1.807) is 4.90 Å². The van der Waals surface area contributed by atoms with Gasteiger partial charge in [-0.2, -0.15) is 0 Å². The number of amides is 1. The molecule has 41 heavy (non-hydrogen) atoms. The Hall–Kier alpha value is -1.75. The van der Waals surface area contributed by atoms with E-state index >= 15 is 0 Å². The number of ether oxygens (including phenoxy) is 1. The van der Waals surface area contributed by atoms with Crippen molar-refractivity contribution in [3.05, 3.63) is 35.9 Å². The summed E-state index contributed by atoms with van der Waals surface area (Å²) in [5.74, 6) is 0. The summed E-state index contributed by atoms with van der Waals surface area (Å²) in [4.78, 5) is 19.7. The Bertz CT molecular complexity index is 921. The van der Waals surface area contributed by atoms with Crippen molar-refractivity contribution in [1.82, 2.24) is 14.7 Å². The van der Waals surface area contributed by atoms with E-state index in [2.05, 4.69) is 9.80 Å². The van der Waals surface area contributed by atoms with E-state index in [1.165, 1.54) is 0 Å². The number of aliphatic hydroxyl groups is 4. The maximum atomic E-state index is 13.5. The number of carbonyl (C=O) groups excluding carboxylic acids is 1. The number of benzene rings is 1. The van der Waals surface area contributed by atoms with Crippen molar-refractivity contribution in [2.45, 2.75) is 95.1 Å². The van der Waals surface area contributed by atoms with Gasteiger partial charge < -0.3 is 35.0 Å². The van der Waals surface area contributed by atoms with Crippen LogP contribution in [-0.4, -0.2) is 118 Å². The molecule has 9 nitrogen and oxygen atoms in total. The maximum absolute atomic E-state index is 13.5. The molecule has 1 aromatic rings. The second-order valence-electron chi connectivity index (χ2n) is 13.3. The summed E-state index contributed by atoms with van der Waals surface area (Å²) in [5.41, 5.74) is 1.23. The number of likely N-dealkylation sites (tertiary alicyclic amines) is 2. The minimum absolute atomic E-state index is 0.132. The lowest BCUT2D eigenvalue weighted by Gasteiger charge is -2.39. The van der Waals surface area contributed by atoms with E-state index in [0.29, 0.717) is 25.9 Å². The number of piperidine rings is 2. The highest BCUT2D eigenvalue weighted by Gasteiger charge is 2.52. The van der Waals surface area contributed by atoms with Crippen LogP contribution in [-0.2, 0) is 11.3 Å². The molecule has 2 spiro atoms. The van der Waals surface area contributed by atoms with E-state index in [4.69, 9.17) is 4.74 Å². The molecule has 2 saturated carbocycles. The second-order valence-corrected chi connectivity index (χ2v) is 13.3. The number of carbonyl (C=O) groups is 1. The van der Waals surface area contributed by atoms with Crippen LogP contribution in [0.4, 0.5) is 4.79 Å². The number of β-amino-alcohol motifs (C(OH)–C–C–N with tert-alkyl or cyclic N) is 2. The summed E-state index contributed by atoms with van der Waals surface area (Å²) >= 11 is 0. The zero-order chi connectivity index (χ0) is 28.9. The van der Waals surface area contributed by atoms with Gasteiger partial charge in [0, 0.05) is 13.1 Å². The molecule has 2 heterocycles. The van der Waals surface area contributed by atoms with Crippen LogP contribution in [0.3, 0.4) is 0 Å². The molecule has 0 radical (unpaired) electrons. The lowest BCUT2D eigenvalue weighted by molar-refractivity contribution is 0.000999. The van der Waals surface area contributed by atoms with E-state index in [0.717, 1.165) is 83.1 Å². The minimum Gasteiger partial charge on any atom is -0.445 e. The van der Waals surface area contributed by atoms with Gasteiger partial charge in [-0.3, -0.25) is 4.90 Å². The molecule has 1 amide bonds. The van der Waals surface area contributed by atoms with Gasteiger partial charge in [0.25, 0.3) is 0 Å². The summed E-state index contributed by atoms with van der Waals surface area (Å²) < 4.78 is 5.71. The van der Waals surface area contributed by atoms with Crippen LogP contribution in [0.5, 0.6) is 0 Å². The fourth-order valence-electron chi connectivity index (χ4n) is 7.18. The third-order valence-electron chi connectivity index (χ3n) is 10.6. The Morgan fingerprint density at radius 3 is 1.73 bits per heavy atom. The standard InChI is InChI=1S/C32H51N3O6/c36-22-26(8-4-16-33-18-14-31(10-11-31)28(38)20-33)35(30(40)41-24-25-6-2-1-3-7-25)27(23-37)9-5-17-34-19-15-32(12-13-32)29(39)21-34/h1-3,6-7,26-29,36-39H,4-5,8-24H2/t26-,27-,28+,29+/m0/s1. The van der Waals surface area contributed by atoms with Gasteiger partial charge in [-0.25, -0.2) is 4.79 Å². The summed E-state index contributed by atoms with van der Waals surface area (Å²) in [7, 11) is 0. The van der Waals surface area contributed by atoms with Crippen LogP contribution in [0.25, 0.3) is 0 Å². The molecule has 4 fully saturated rings. The Kier molecular flexibility index (Phi) is 10.3. The van der Waals surface area contributed by atoms with E-state index in [9.17, 15) is 25.2 Å². The first-order chi connectivity index (χ1) is 19.9. The maximum Gasteiger partial charge on any atom is 0.410 e. The Morgan fingerprint density at radius 1 is 0.829 bits per heavy atom. The lowest BCUT2D eigenvalue weighted by atomic mass is 9.90. The first kappa shape index (κ1) is 30.7. The SMILES string of the molecule is O=C(OCc1ccccc1)N([C@H](CO)CCCN1CCC2(CC2)[C@H](O)C1)[C@H](CO)CCCN1CCC2(CC2)[C@H](O)C1. The van der Waals surface area contributed by atoms with Crippen molar-refractivity contribution in [2.24, 2.45) is 10.8 Å². The lowest BCUT2D eigenvalue weighted by Crippen LogP contribution is -2.51. The van der Waals surface area contributed by atoms with Gasteiger partial charge in [0.05, 0.1) is 37.5 Å². The highest BCUT2D eigenvalue weighted by molar-refractivity contribution is 5.68. The Balaban J connectivity index is 1.16. The third kappa shape index (κ3) is 7.61. The van der Waals surface area contributed by atoms with E-state index in [-0.39, 0.29) is 42.9 Å². The van der Waals surface area contributed by atoms with Crippen molar-refractivity contribution < 1.29 is 30.0 Å². The second kappa shape index (κ2) is 13.7. The molecule has 0 aromatic heterocycles. The number of aliphatic hydroxyl groups excluding tert-OH is 4. The van der Waals surface area contributed by atoms with Crippen LogP contribution < -0.4 is 0 Å². The normalized spacial score (nSPS) is 26.5. The van der Waals surface area contributed by atoms with Crippen LogP contribution in [0, 0.1) is 10.8 Å². The van der Waals surface area contributed by atoms with E-state index < -0.39 is 18.2 Å². The average Bonchev–Trinajstić information content (AvgIpc) is 3.92. The smallest absolute Gasteiger partial charge is 0.410 e. The summed E-state index contributed by atoms with van der Waals surface area (Å²) in [6, 6.07) is 8.60. The topological polar surface area (TPSA) is 117 Å². The van der Waals surface area contributed by atoms with Crippen molar-refractivity contribution in [3.8, 4) is 0 Å². The highest BCUT2D eigenvalue weighted by Crippen LogP contribution is 2.54. The highest BCUT2D eigenvalue weighted by atomic mass is 16.6. The first-order valence-corrected chi connectivity index (χ1v) is 15.9. The molecule has 5 rings (SSSR count). The number of rotatable bonds is 14. The monoisotopic (exact) mass is 573 g/mol. The summed E-state index contributed by atoms with van der Waals surface area (Å²) in [5, 5.41) is 42.0. The average molecular weight is 574 g/mol. The van der Waals surface area contributed by atoms with Crippen LogP contribution >= 0.6 is 0 Å². The molecule has 1 aromatic carbocycles. The quantitative estimate of drug-likeness (QED) is 0.268. The first-order valence-electron chi connectivity index (χ1n) is 15.9. The van der Waals surface area contributed by atoms with Crippen molar-refractivity contribution in [3.63, 3.8) is 0 Å². The molecule has 0 unspecified atom stereocenters. The van der Waals surface area contributed by atoms with E-state index in [1.807, 2.05) is 30.3 Å². The van der Waals surface area contributed by atoms with Gasteiger partial charge in [0.1, 0.15) is 6.61 Å². The largest absolute Gasteiger partial charge is 0.445 e. The molecule has 4 N–H and O–H groups in total. The number of nitrogens with zero attached hydrogens (tertiary/aromatic N) is 3. The summed E-state index contributed by atoms with van der Waals surface area (Å²) in [6.07, 6.45) is 8.32. The molecule has 2 aliphatic carbocycles. The molecule has 0 bridgehead atoms. The number of hydrogen-bond acceptors (Lipinski definition) is 8. The fourth-order valence-corrected chi connectivity index (χ4v) is 7.18. The predicted octanol–water partition coefficient (Wildman–Crippen LogP) is 2.60. The molecular weight excluding hydrogens is 522 g/mol. The zero-order valence-electron chi connectivity index (χ0n) is 24.6. The molecule has 4 atom stereocenters. The van der Waals surface area contributed by atoms with Gasteiger partial charge in [0.2, 0.25) is 0 Å². The van der Waals surface area contributed by atoms with Gasteiger partial charge >= 0.3 is 6.09 Å². The van der Waals surface area contributed by atoms with Crippen molar-refractivity contribution in [1.29, 1.82) is 0 Å². The molecule has 2 saturated heterocycles. The zero-order valence-corrected chi connectivity index (χ0v) is 24.6. The Morgan fingerprint density at radius 2 is 1.32 bits per heavy atom. The number of hydrogen-bond donors (Lipinski definition) is 4. The van der Waals surface area contributed by atoms with Crippen molar-refractivity contribution >= 4 is 6.09 Å². The van der Waals surface area contributed by atoms with Gasteiger partial charge in [-0.15, -0.1) is 0 Å². The van der Waals surface area contributed by atoms with Gasteiger partial charge in [-0.1, -0.05) is 30.3 Å². The fraction of sp³-hybridized carbons (Fsp3) is 0.781. The summed E-state index contributed by atoms with van der Waals surface area (Å²) in [6.45, 7) is 4.68. The molecule has 230 valence electrons. The Labute approximate surface area is 245 Å². The molecular formula is C32H51N3O6. The third-order valence-corrected chi connectivity index (χ3v) is 10.6. The predicted molar refractivity (Wildman–Crippen MR) is 156 cm³/mol. The van der Waals surface area contributed by atoms with Gasteiger partial charge in [-0.05, 0) is 107 Å². The molecule has 2 aliphatic heterocycles. The minimum atomic E-state index is -0.514. The van der Waals surface area contributed by atoms with Gasteiger partial charge in [0.15, 0.2) is 0 Å². The van der Waals surface area contributed by atoms with Crippen LogP contribution in [0.2, 0.25) is 0 Å². The van der Waals surface area contributed by atoms with Crippen LogP contribution in [0.15, 0.2) is 30.3 Å². The van der Waals surface area contributed by atoms with Crippen molar-refractivity contribution in [2.75, 3.05) is 52.5 Å². The molecule has 4 aliphatic rings. The van der Waals surface area contributed by atoms with Crippen LogP contribution in [0.1, 0.15) is 69.8 Å². The molecule has 9 heteroatoms.